The van der Waals surface area contributed by atoms with Gasteiger partial charge in [-0.25, -0.2) is 12.4 Å². The van der Waals surface area contributed by atoms with Crippen molar-refractivity contribution in [2.45, 2.75) is 11.8 Å². The van der Waals surface area contributed by atoms with Crippen LogP contribution in [0.2, 0.25) is 0 Å². The normalized spacial score (nSPS) is 15.0. The lowest BCUT2D eigenvalue weighted by molar-refractivity contribution is -0.122. The highest BCUT2D eigenvalue weighted by Gasteiger charge is 2.35. The number of benzene rings is 3. The van der Waals surface area contributed by atoms with E-state index >= 15 is 0 Å². The number of amides is 2. The molecule has 1 aliphatic rings. The maximum Gasteiger partial charge on any atom is 0.270 e. The number of rotatable bonds is 6. The molecule has 1 aromatic heterocycles. The van der Waals surface area contributed by atoms with Crippen molar-refractivity contribution in [2.75, 3.05) is 4.90 Å². The first-order chi connectivity index (χ1) is 18.2. The molecule has 38 heavy (non-hydrogen) atoms. The zero-order chi connectivity index (χ0) is 26.9. The van der Waals surface area contributed by atoms with Gasteiger partial charge >= 0.3 is 0 Å². The van der Waals surface area contributed by atoms with E-state index in [1.54, 1.807) is 36.4 Å². The SMILES string of the molecule is Cc1ccc(S(=O)(=O)n2cccc2/C=C2\C(=O)NC(=S)N(c3ccc(Oc4ccccc4)cc3)C2=O)cc1. The number of hydrogen-bond acceptors (Lipinski definition) is 6. The summed E-state index contributed by atoms with van der Waals surface area (Å²) in [5.41, 5.74) is 1.21. The number of hydrogen-bond donors (Lipinski definition) is 1. The van der Waals surface area contributed by atoms with Gasteiger partial charge in [0.1, 0.15) is 17.1 Å². The molecule has 2 amide bonds. The van der Waals surface area contributed by atoms with Gasteiger partial charge in [-0.05, 0) is 85.9 Å². The van der Waals surface area contributed by atoms with Crippen LogP contribution in [0.15, 0.2) is 108 Å². The largest absolute Gasteiger partial charge is 0.457 e. The second-order valence-corrected chi connectivity index (χ2v) is 10.6. The van der Waals surface area contributed by atoms with Crippen LogP contribution in [0, 0.1) is 6.92 Å². The molecule has 2 heterocycles. The molecule has 0 spiro atoms. The van der Waals surface area contributed by atoms with Crippen LogP contribution in [0.1, 0.15) is 11.3 Å². The summed E-state index contributed by atoms with van der Waals surface area (Å²) < 4.78 is 33.3. The number of nitrogens with zero attached hydrogens (tertiary/aromatic N) is 2. The summed E-state index contributed by atoms with van der Waals surface area (Å²) in [5, 5.41) is 2.42. The van der Waals surface area contributed by atoms with Crippen LogP contribution < -0.4 is 15.0 Å². The quantitative estimate of drug-likeness (QED) is 0.216. The molecular weight excluding hydrogens is 522 g/mol. The lowest BCUT2D eigenvalue weighted by Crippen LogP contribution is -2.54. The summed E-state index contributed by atoms with van der Waals surface area (Å²) in [6.45, 7) is 1.86. The molecule has 0 saturated carbocycles. The first-order valence-corrected chi connectivity index (χ1v) is 13.3. The Morgan fingerprint density at radius 2 is 1.50 bits per heavy atom. The monoisotopic (exact) mass is 543 g/mol. The zero-order valence-electron chi connectivity index (χ0n) is 20.1. The van der Waals surface area contributed by atoms with Gasteiger partial charge < -0.3 is 4.74 Å². The Hall–Kier alpha value is -4.54. The van der Waals surface area contributed by atoms with E-state index in [9.17, 15) is 18.0 Å². The number of carbonyl (C=O) groups excluding carboxylic acids is 2. The van der Waals surface area contributed by atoms with Gasteiger partial charge in [-0.1, -0.05) is 35.9 Å². The van der Waals surface area contributed by atoms with Crippen molar-refractivity contribution in [3.05, 3.63) is 114 Å². The van der Waals surface area contributed by atoms with Crippen molar-refractivity contribution in [3.63, 3.8) is 0 Å². The molecule has 4 aromatic rings. The predicted octanol–water partition coefficient (Wildman–Crippen LogP) is 4.66. The molecule has 0 unspecified atom stereocenters. The Kier molecular flexibility index (Phi) is 6.66. The van der Waals surface area contributed by atoms with Crippen molar-refractivity contribution in [2.24, 2.45) is 0 Å². The second-order valence-electron chi connectivity index (χ2n) is 8.41. The minimum absolute atomic E-state index is 0.0824. The first-order valence-electron chi connectivity index (χ1n) is 11.5. The smallest absolute Gasteiger partial charge is 0.270 e. The fourth-order valence-corrected chi connectivity index (χ4v) is 5.47. The van der Waals surface area contributed by atoms with Gasteiger partial charge in [0, 0.05) is 6.20 Å². The number of ether oxygens (including phenoxy) is 1. The number of para-hydroxylation sites is 1. The molecule has 0 radical (unpaired) electrons. The Morgan fingerprint density at radius 1 is 0.842 bits per heavy atom. The van der Waals surface area contributed by atoms with Gasteiger partial charge in [0.2, 0.25) is 0 Å². The Morgan fingerprint density at radius 3 is 2.18 bits per heavy atom. The molecule has 8 nitrogen and oxygen atoms in total. The van der Waals surface area contributed by atoms with Gasteiger partial charge in [0.15, 0.2) is 5.11 Å². The molecule has 1 N–H and O–H groups in total. The lowest BCUT2D eigenvalue weighted by atomic mass is 10.1. The van der Waals surface area contributed by atoms with Gasteiger partial charge in [0.05, 0.1) is 16.3 Å². The molecular formula is C28H21N3O5S2. The molecule has 5 rings (SSSR count). The van der Waals surface area contributed by atoms with Crippen LogP contribution in [0.3, 0.4) is 0 Å². The Labute approximate surface area is 224 Å². The van der Waals surface area contributed by atoms with Crippen LogP contribution in [0.5, 0.6) is 11.5 Å². The summed E-state index contributed by atoms with van der Waals surface area (Å²) in [5.74, 6) is -0.197. The topological polar surface area (TPSA) is 97.7 Å². The average molecular weight is 544 g/mol. The van der Waals surface area contributed by atoms with Crippen LogP contribution in [-0.2, 0) is 19.6 Å². The standard InChI is InChI=1S/C28H21N3O5S2/c1-19-9-15-24(16-10-19)38(34,35)30-17-5-6-21(30)18-25-26(32)29-28(37)31(27(25)33)20-11-13-23(14-12-20)36-22-7-3-2-4-8-22/h2-18H,1H3,(H,29,32,37)/b25-18+. The van der Waals surface area contributed by atoms with E-state index in [2.05, 4.69) is 5.32 Å². The van der Waals surface area contributed by atoms with Crippen LogP contribution >= 0.6 is 12.2 Å². The van der Waals surface area contributed by atoms with Gasteiger partial charge in [-0.2, -0.15) is 0 Å². The first kappa shape index (κ1) is 25.1. The molecule has 1 aliphatic heterocycles. The van der Waals surface area contributed by atoms with Crippen LogP contribution in [-0.4, -0.2) is 29.3 Å². The van der Waals surface area contributed by atoms with Crippen LogP contribution in [0.25, 0.3) is 6.08 Å². The summed E-state index contributed by atoms with van der Waals surface area (Å²) in [6, 6.07) is 25.3. The van der Waals surface area contributed by atoms with Gasteiger partial charge in [-0.3, -0.25) is 19.8 Å². The number of nitrogens with one attached hydrogen (secondary N) is 1. The second kappa shape index (κ2) is 10.1. The number of anilines is 1. The van der Waals surface area contributed by atoms with E-state index in [1.807, 2.05) is 37.3 Å². The summed E-state index contributed by atoms with van der Waals surface area (Å²) in [6.07, 6.45) is 2.60. The molecule has 190 valence electrons. The van der Waals surface area contributed by atoms with E-state index in [1.165, 1.54) is 41.4 Å². The minimum atomic E-state index is -3.96. The van der Waals surface area contributed by atoms with Gasteiger partial charge in [-0.15, -0.1) is 0 Å². The number of carbonyl (C=O) groups is 2. The number of aromatic nitrogens is 1. The van der Waals surface area contributed by atoms with Crippen molar-refractivity contribution < 1.29 is 22.7 Å². The summed E-state index contributed by atoms with van der Waals surface area (Å²) >= 11 is 5.27. The Bertz CT molecular complexity index is 1670. The Balaban J connectivity index is 1.45. The van der Waals surface area contributed by atoms with Crippen molar-refractivity contribution in [1.82, 2.24) is 9.29 Å². The predicted molar refractivity (Wildman–Crippen MR) is 147 cm³/mol. The zero-order valence-corrected chi connectivity index (χ0v) is 21.7. The molecule has 0 aliphatic carbocycles. The van der Waals surface area contributed by atoms with E-state index in [0.717, 1.165) is 9.54 Å². The molecule has 3 aromatic carbocycles. The molecule has 1 fully saturated rings. The molecule has 0 bridgehead atoms. The minimum Gasteiger partial charge on any atom is -0.457 e. The molecule has 1 saturated heterocycles. The lowest BCUT2D eigenvalue weighted by Gasteiger charge is -2.29. The fraction of sp³-hybridized carbons (Fsp3) is 0.0357. The highest BCUT2D eigenvalue weighted by atomic mass is 32.2. The third-order valence-electron chi connectivity index (χ3n) is 5.79. The molecule has 10 heteroatoms. The fourth-order valence-electron chi connectivity index (χ4n) is 3.86. The summed E-state index contributed by atoms with van der Waals surface area (Å²) in [4.78, 5) is 27.4. The van der Waals surface area contributed by atoms with Crippen molar-refractivity contribution in [1.29, 1.82) is 0 Å². The summed E-state index contributed by atoms with van der Waals surface area (Å²) in [7, 11) is -3.96. The van der Waals surface area contributed by atoms with Gasteiger partial charge in [0.25, 0.3) is 21.8 Å². The van der Waals surface area contributed by atoms with Crippen LogP contribution in [0.4, 0.5) is 5.69 Å². The number of aryl methyl sites for hydroxylation is 1. The average Bonchev–Trinajstić information content (AvgIpc) is 3.38. The highest BCUT2D eigenvalue weighted by molar-refractivity contribution is 7.90. The van der Waals surface area contributed by atoms with E-state index in [0.29, 0.717) is 17.2 Å². The molecule has 0 atom stereocenters. The van der Waals surface area contributed by atoms with E-state index in [-0.39, 0.29) is 21.3 Å². The third-order valence-corrected chi connectivity index (χ3v) is 7.79. The van der Waals surface area contributed by atoms with E-state index < -0.39 is 21.8 Å². The maximum absolute atomic E-state index is 13.4. The third kappa shape index (κ3) is 4.86. The van der Waals surface area contributed by atoms with E-state index in [4.69, 9.17) is 17.0 Å². The number of thiocarbonyl (C=S) groups is 1. The van der Waals surface area contributed by atoms with Crippen molar-refractivity contribution in [3.8, 4) is 11.5 Å². The highest BCUT2D eigenvalue weighted by Crippen LogP contribution is 2.27. The maximum atomic E-state index is 13.4. The van der Waals surface area contributed by atoms with Crippen molar-refractivity contribution >= 4 is 50.9 Å².